The van der Waals surface area contributed by atoms with Gasteiger partial charge in [-0.2, -0.15) is 0 Å². The second-order valence-corrected chi connectivity index (χ2v) is 4.35. The second kappa shape index (κ2) is 2.30. The summed E-state index contributed by atoms with van der Waals surface area (Å²) in [4.78, 5) is 4.73. The molecule has 2 unspecified atom stereocenters. The largest absolute Gasteiger partial charge is 0.364 e. The highest BCUT2D eigenvalue weighted by atomic mass is 32.2. The van der Waals surface area contributed by atoms with Crippen LogP contribution in [0.3, 0.4) is 0 Å². The van der Waals surface area contributed by atoms with Gasteiger partial charge in [-0.25, -0.2) is 0 Å². The zero-order valence-corrected chi connectivity index (χ0v) is 7.34. The Morgan fingerprint density at radius 3 is 3.17 bits per heavy atom. The van der Waals surface area contributed by atoms with Crippen molar-refractivity contribution in [1.82, 2.24) is 4.98 Å². The van der Waals surface area contributed by atoms with Gasteiger partial charge in [0.1, 0.15) is 0 Å². The number of H-pyrrole nitrogens is 1. The monoisotopic (exact) mass is 175 g/mol. The molecule has 3 rings (SSSR count). The van der Waals surface area contributed by atoms with Crippen LogP contribution in [0.2, 0.25) is 0 Å². The number of allylic oxidation sites excluding steroid dienone is 3. The first-order chi connectivity index (χ1) is 5.95. The molecule has 1 N–H and O–H groups in total. The highest BCUT2D eigenvalue weighted by Gasteiger charge is 2.31. The van der Waals surface area contributed by atoms with Gasteiger partial charge >= 0.3 is 0 Å². The molecule has 0 amide bonds. The van der Waals surface area contributed by atoms with Crippen LogP contribution >= 0.6 is 11.8 Å². The molecule has 60 valence electrons. The normalized spacial score (nSPS) is 30.3. The number of hydrogen-bond acceptors (Lipinski definition) is 1. The van der Waals surface area contributed by atoms with Crippen molar-refractivity contribution in [2.45, 2.75) is 16.1 Å². The number of aromatic nitrogens is 1. The minimum atomic E-state index is 0.588. The molecule has 2 aliphatic rings. The molecule has 2 heteroatoms. The Labute approximate surface area is 75.6 Å². The van der Waals surface area contributed by atoms with Gasteiger partial charge in [-0.1, -0.05) is 24.3 Å². The average Bonchev–Trinajstić information content (AvgIpc) is 2.62. The van der Waals surface area contributed by atoms with Crippen LogP contribution in [0.25, 0.3) is 0 Å². The Morgan fingerprint density at radius 1 is 1.25 bits per heavy atom. The Hall–Kier alpha value is -0.890. The Morgan fingerprint density at radius 2 is 2.17 bits per heavy atom. The van der Waals surface area contributed by atoms with Crippen molar-refractivity contribution in [3.63, 3.8) is 0 Å². The number of thioether (sulfide) groups is 1. The Kier molecular flexibility index (Phi) is 1.27. The van der Waals surface area contributed by atoms with Gasteiger partial charge in [0.25, 0.3) is 0 Å². The van der Waals surface area contributed by atoms with Crippen LogP contribution in [0, 0.1) is 0 Å². The average molecular weight is 175 g/mol. The van der Waals surface area contributed by atoms with E-state index >= 15 is 0 Å². The third-order valence-electron chi connectivity index (χ3n) is 2.42. The van der Waals surface area contributed by atoms with Gasteiger partial charge < -0.3 is 4.98 Å². The Balaban J connectivity index is 2.11. The van der Waals surface area contributed by atoms with E-state index in [2.05, 4.69) is 35.4 Å². The lowest BCUT2D eigenvalue weighted by Crippen LogP contribution is -2.07. The lowest BCUT2D eigenvalue weighted by atomic mass is 9.97. The van der Waals surface area contributed by atoms with E-state index in [9.17, 15) is 0 Å². The van der Waals surface area contributed by atoms with Crippen LogP contribution in [-0.2, 0) is 0 Å². The number of fused-ring (bicyclic) bond motifs is 3. The van der Waals surface area contributed by atoms with Gasteiger partial charge in [0.2, 0.25) is 0 Å². The quantitative estimate of drug-likeness (QED) is 0.641. The van der Waals surface area contributed by atoms with E-state index in [1.54, 1.807) is 0 Å². The van der Waals surface area contributed by atoms with E-state index in [-0.39, 0.29) is 0 Å². The first kappa shape index (κ1) is 6.61. The number of aromatic amines is 1. The molecule has 12 heavy (non-hydrogen) atoms. The molecule has 1 nitrogen and oxygen atoms in total. The predicted octanol–water partition coefficient (Wildman–Crippen LogP) is 2.70. The lowest BCUT2D eigenvalue weighted by molar-refractivity contribution is 0.848. The summed E-state index contributed by atoms with van der Waals surface area (Å²) in [6.07, 6.45) is 10.9. The summed E-state index contributed by atoms with van der Waals surface area (Å²) in [6, 6.07) is 2.17. The number of rotatable bonds is 0. The van der Waals surface area contributed by atoms with E-state index in [1.165, 1.54) is 10.6 Å². The zero-order chi connectivity index (χ0) is 7.97. The maximum absolute atomic E-state index is 3.31. The highest BCUT2D eigenvalue weighted by Crippen LogP contribution is 2.47. The van der Waals surface area contributed by atoms with E-state index in [1.807, 2.05) is 18.0 Å². The van der Waals surface area contributed by atoms with E-state index in [0.717, 1.165) is 0 Å². The molecule has 0 radical (unpaired) electrons. The van der Waals surface area contributed by atoms with Gasteiger partial charge in [0.05, 0.1) is 0 Å². The van der Waals surface area contributed by atoms with E-state index < -0.39 is 0 Å². The molecule has 0 aromatic carbocycles. The predicted molar refractivity (Wildman–Crippen MR) is 51.5 cm³/mol. The highest BCUT2D eigenvalue weighted by molar-refractivity contribution is 8.00. The second-order valence-electron chi connectivity index (χ2n) is 3.13. The summed E-state index contributed by atoms with van der Waals surface area (Å²) >= 11 is 1.96. The number of hydrogen-bond donors (Lipinski definition) is 1. The van der Waals surface area contributed by atoms with Crippen molar-refractivity contribution >= 4 is 11.8 Å². The summed E-state index contributed by atoms with van der Waals surface area (Å²) in [6.45, 7) is 0. The third-order valence-corrected chi connectivity index (χ3v) is 3.75. The molecule has 0 spiro atoms. The van der Waals surface area contributed by atoms with E-state index in [4.69, 9.17) is 0 Å². The molecule has 1 aliphatic heterocycles. The van der Waals surface area contributed by atoms with Crippen LogP contribution in [-0.4, -0.2) is 10.2 Å². The minimum absolute atomic E-state index is 0.588. The van der Waals surface area contributed by atoms with Crippen LogP contribution in [0.15, 0.2) is 41.5 Å². The van der Waals surface area contributed by atoms with Crippen LogP contribution in [0.5, 0.6) is 0 Å². The molecule has 1 aliphatic carbocycles. The minimum Gasteiger partial charge on any atom is -0.364 e. The molecule has 2 atom stereocenters. The van der Waals surface area contributed by atoms with Crippen LogP contribution in [0.4, 0.5) is 0 Å². The van der Waals surface area contributed by atoms with Crippen molar-refractivity contribution in [1.29, 1.82) is 0 Å². The molecule has 1 aromatic rings. The molecule has 2 heterocycles. The molecular weight excluding hydrogens is 166 g/mol. The third kappa shape index (κ3) is 0.758. The van der Waals surface area contributed by atoms with Crippen molar-refractivity contribution in [2.75, 3.05) is 0 Å². The number of nitrogens with one attached hydrogen (secondary N) is 1. The van der Waals surface area contributed by atoms with Gasteiger partial charge in [-0.05, 0) is 6.07 Å². The fourth-order valence-electron chi connectivity index (χ4n) is 1.84. The van der Waals surface area contributed by atoms with Crippen LogP contribution < -0.4 is 0 Å². The van der Waals surface area contributed by atoms with Crippen molar-refractivity contribution in [2.24, 2.45) is 0 Å². The van der Waals surface area contributed by atoms with E-state index in [0.29, 0.717) is 11.2 Å². The summed E-state index contributed by atoms with van der Waals surface area (Å²) in [5.41, 5.74) is 1.39. The SMILES string of the molecule is C1=CC2Sc3cc[nH]c3C2C=C1. The first-order valence-corrected chi connectivity index (χ1v) is 5.02. The Bertz CT molecular complexity index is 362. The fraction of sp³-hybridized carbons (Fsp3) is 0.200. The van der Waals surface area contributed by atoms with Gasteiger partial charge in [-0.15, -0.1) is 11.8 Å². The van der Waals surface area contributed by atoms with Crippen molar-refractivity contribution in [3.8, 4) is 0 Å². The zero-order valence-electron chi connectivity index (χ0n) is 6.53. The van der Waals surface area contributed by atoms with Crippen molar-refractivity contribution in [3.05, 3.63) is 42.3 Å². The summed E-state index contributed by atoms with van der Waals surface area (Å²) in [5.74, 6) is 0.588. The summed E-state index contributed by atoms with van der Waals surface area (Å²) in [5, 5.41) is 0.637. The summed E-state index contributed by atoms with van der Waals surface area (Å²) < 4.78 is 0. The fourth-order valence-corrected chi connectivity index (χ4v) is 3.14. The van der Waals surface area contributed by atoms with Gasteiger partial charge in [0.15, 0.2) is 0 Å². The summed E-state index contributed by atoms with van der Waals surface area (Å²) in [7, 11) is 0. The maximum atomic E-state index is 3.31. The van der Waals surface area contributed by atoms with Crippen molar-refractivity contribution < 1.29 is 0 Å². The standard InChI is InChI=1S/C10H9NS/c1-2-4-8-7(3-1)10-9(12-8)5-6-11-10/h1-8,11H. The van der Waals surface area contributed by atoms with Crippen LogP contribution in [0.1, 0.15) is 11.6 Å². The molecule has 0 fully saturated rings. The maximum Gasteiger partial charge on any atom is 0.0396 e. The molecule has 0 bridgehead atoms. The smallest absolute Gasteiger partial charge is 0.0396 e. The lowest BCUT2D eigenvalue weighted by Gasteiger charge is -2.13. The molecular formula is C10H9NS. The van der Waals surface area contributed by atoms with Gasteiger partial charge in [-0.3, -0.25) is 0 Å². The van der Waals surface area contributed by atoms with Gasteiger partial charge in [0, 0.05) is 28.0 Å². The molecule has 1 aromatic heterocycles. The topological polar surface area (TPSA) is 15.8 Å². The molecule has 0 saturated heterocycles. The first-order valence-electron chi connectivity index (χ1n) is 4.14. The molecule has 0 saturated carbocycles.